The van der Waals surface area contributed by atoms with Gasteiger partial charge in [0, 0.05) is 24.2 Å². The Morgan fingerprint density at radius 3 is 2.32 bits per heavy atom. The Morgan fingerprint density at radius 1 is 1.00 bits per heavy atom. The zero-order valence-corrected chi connectivity index (χ0v) is 14.3. The quantitative estimate of drug-likeness (QED) is 0.848. The van der Waals surface area contributed by atoms with E-state index in [-0.39, 0.29) is 0 Å². The molecule has 0 bridgehead atoms. The molecule has 2 fully saturated rings. The van der Waals surface area contributed by atoms with Crippen LogP contribution in [0.15, 0.2) is 29.2 Å². The zero-order chi connectivity index (χ0) is 15.6. The maximum Gasteiger partial charge on any atom is 0.243 e. The molecule has 0 spiro atoms. The highest BCUT2D eigenvalue weighted by molar-refractivity contribution is 7.89. The van der Waals surface area contributed by atoms with Gasteiger partial charge in [0.25, 0.3) is 0 Å². The van der Waals surface area contributed by atoms with Crippen LogP contribution >= 0.6 is 11.6 Å². The summed E-state index contributed by atoms with van der Waals surface area (Å²) in [6.45, 7) is 3.56. The van der Waals surface area contributed by atoms with Gasteiger partial charge < -0.3 is 4.90 Å². The lowest BCUT2D eigenvalue weighted by Crippen LogP contribution is -2.48. The molecule has 2 aliphatic rings. The fourth-order valence-corrected chi connectivity index (χ4v) is 5.28. The summed E-state index contributed by atoms with van der Waals surface area (Å²) in [6, 6.07) is 7.09. The molecule has 0 N–H and O–H groups in total. The smallest absolute Gasteiger partial charge is 0.243 e. The van der Waals surface area contributed by atoms with Crippen molar-refractivity contribution in [2.45, 2.75) is 43.0 Å². The second-order valence-corrected chi connectivity index (χ2v) is 8.56. The van der Waals surface area contributed by atoms with Crippen molar-refractivity contribution < 1.29 is 8.42 Å². The van der Waals surface area contributed by atoms with Crippen molar-refractivity contribution in [3.8, 4) is 0 Å². The first-order valence-corrected chi connectivity index (χ1v) is 9.89. The van der Waals surface area contributed by atoms with Crippen molar-refractivity contribution in [2.75, 3.05) is 26.2 Å². The van der Waals surface area contributed by atoms with Gasteiger partial charge >= 0.3 is 0 Å². The molecule has 22 heavy (non-hydrogen) atoms. The molecule has 1 aromatic rings. The van der Waals surface area contributed by atoms with Gasteiger partial charge in [-0.25, -0.2) is 8.42 Å². The number of nitrogens with zero attached hydrogens (tertiary/aromatic N) is 2. The molecule has 1 aromatic carbocycles. The minimum Gasteiger partial charge on any atom is -0.300 e. The second-order valence-electron chi connectivity index (χ2n) is 6.19. The van der Waals surface area contributed by atoms with Crippen molar-refractivity contribution >= 4 is 21.6 Å². The first-order chi connectivity index (χ1) is 10.6. The lowest BCUT2D eigenvalue weighted by atomic mass is 10.0. The van der Waals surface area contributed by atoms with Crippen LogP contribution in [-0.2, 0) is 10.0 Å². The molecular formula is C16H23ClN2O2S. The minimum absolute atomic E-state index is 0.302. The molecule has 2 saturated heterocycles. The Kier molecular flexibility index (Phi) is 5.07. The number of likely N-dealkylation sites (tertiary alicyclic amines) is 1. The van der Waals surface area contributed by atoms with Crippen LogP contribution < -0.4 is 0 Å². The molecular weight excluding hydrogens is 320 g/mol. The fourth-order valence-electron chi connectivity index (χ4n) is 3.51. The van der Waals surface area contributed by atoms with Crippen molar-refractivity contribution in [1.82, 2.24) is 9.21 Å². The summed E-state index contributed by atoms with van der Waals surface area (Å²) in [5, 5.41) is 0.462. The normalized spacial score (nSPS) is 22.8. The van der Waals surface area contributed by atoms with E-state index in [1.54, 1.807) is 22.5 Å². The SMILES string of the molecule is O=S(=O)(c1cccc(Cl)c1)N1CCC(N2CCCCC2)CC1. The number of hydrogen-bond donors (Lipinski definition) is 0. The largest absolute Gasteiger partial charge is 0.300 e. The number of rotatable bonds is 3. The summed E-state index contributed by atoms with van der Waals surface area (Å²) < 4.78 is 27.0. The number of hydrogen-bond acceptors (Lipinski definition) is 3. The maximum atomic E-state index is 12.7. The van der Waals surface area contributed by atoms with Crippen LogP contribution in [-0.4, -0.2) is 49.8 Å². The summed E-state index contributed by atoms with van der Waals surface area (Å²) in [5.74, 6) is 0. The van der Waals surface area contributed by atoms with Gasteiger partial charge in [-0.15, -0.1) is 0 Å². The van der Waals surface area contributed by atoms with Crippen molar-refractivity contribution in [3.05, 3.63) is 29.3 Å². The Bertz CT molecular complexity index is 606. The Morgan fingerprint density at radius 2 is 1.68 bits per heavy atom. The predicted octanol–water partition coefficient (Wildman–Crippen LogP) is 2.98. The number of piperidine rings is 2. The molecule has 0 amide bonds. The maximum absolute atomic E-state index is 12.7. The highest BCUT2D eigenvalue weighted by atomic mass is 35.5. The summed E-state index contributed by atoms with van der Waals surface area (Å²) in [4.78, 5) is 2.85. The van der Waals surface area contributed by atoms with E-state index in [1.807, 2.05) is 0 Å². The molecule has 0 unspecified atom stereocenters. The van der Waals surface area contributed by atoms with Crippen LogP contribution in [0.5, 0.6) is 0 Å². The van der Waals surface area contributed by atoms with Crippen LogP contribution in [0.3, 0.4) is 0 Å². The fraction of sp³-hybridized carbons (Fsp3) is 0.625. The number of sulfonamides is 1. The monoisotopic (exact) mass is 342 g/mol. The Labute approximate surface area is 138 Å². The topological polar surface area (TPSA) is 40.6 Å². The van der Waals surface area contributed by atoms with Gasteiger partial charge in [-0.1, -0.05) is 24.1 Å². The lowest BCUT2D eigenvalue weighted by Gasteiger charge is -2.39. The van der Waals surface area contributed by atoms with Crippen molar-refractivity contribution in [1.29, 1.82) is 0 Å². The standard InChI is InChI=1S/C16H23ClN2O2S/c17-14-5-4-6-16(13-14)22(20,21)19-11-7-15(8-12-19)18-9-2-1-3-10-18/h4-6,13,15H,1-3,7-12H2. The summed E-state index contributed by atoms with van der Waals surface area (Å²) >= 11 is 5.92. The molecule has 2 aliphatic heterocycles. The molecule has 3 rings (SSSR count). The summed E-state index contributed by atoms with van der Waals surface area (Å²) in [6.07, 6.45) is 5.75. The van der Waals surface area contributed by atoms with E-state index in [2.05, 4.69) is 4.90 Å². The highest BCUT2D eigenvalue weighted by Gasteiger charge is 2.32. The molecule has 0 radical (unpaired) electrons. The first kappa shape index (κ1) is 16.2. The number of benzene rings is 1. The van der Waals surface area contributed by atoms with Crippen molar-refractivity contribution in [2.24, 2.45) is 0 Å². The Balaban J connectivity index is 1.65. The van der Waals surface area contributed by atoms with E-state index < -0.39 is 10.0 Å². The van der Waals surface area contributed by atoms with Crippen LogP contribution in [0.1, 0.15) is 32.1 Å². The van der Waals surface area contributed by atoms with Crippen LogP contribution in [0.2, 0.25) is 5.02 Å². The van der Waals surface area contributed by atoms with E-state index in [9.17, 15) is 8.42 Å². The molecule has 0 atom stereocenters. The molecule has 0 aliphatic carbocycles. The molecule has 4 nitrogen and oxygen atoms in total. The summed E-state index contributed by atoms with van der Waals surface area (Å²) in [7, 11) is -3.41. The average molecular weight is 343 g/mol. The van der Waals surface area contributed by atoms with E-state index in [0.717, 1.165) is 12.8 Å². The summed E-state index contributed by atoms with van der Waals surface area (Å²) in [5.41, 5.74) is 0. The van der Waals surface area contributed by atoms with Gasteiger partial charge in [0.05, 0.1) is 4.90 Å². The molecule has 122 valence electrons. The van der Waals surface area contributed by atoms with Crippen molar-refractivity contribution in [3.63, 3.8) is 0 Å². The lowest BCUT2D eigenvalue weighted by molar-refractivity contribution is 0.118. The highest BCUT2D eigenvalue weighted by Crippen LogP contribution is 2.26. The van der Waals surface area contributed by atoms with Crippen LogP contribution in [0.25, 0.3) is 0 Å². The average Bonchev–Trinajstić information content (AvgIpc) is 2.56. The van der Waals surface area contributed by atoms with E-state index >= 15 is 0 Å². The molecule has 0 saturated carbocycles. The molecule has 6 heteroatoms. The van der Waals surface area contributed by atoms with E-state index in [4.69, 9.17) is 11.6 Å². The third-order valence-electron chi connectivity index (χ3n) is 4.76. The second kappa shape index (κ2) is 6.87. The van der Waals surface area contributed by atoms with Crippen LogP contribution in [0, 0.1) is 0 Å². The zero-order valence-electron chi connectivity index (χ0n) is 12.7. The van der Waals surface area contributed by atoms with Crippen LogP contribution in [0.4, 0.5) is 0 Å². The van der Waals surface area contributed by atoms with E-state index in [0.29, 0.717) is 29.0 Å². The first-order valence-electron chi connectivity index (χ1n) is 8.07. The Hall–Kier alpha value is -0.620. The van der Waals surface area contributed by atoms with Gasteiger partial charge in [-0.3, -0.25) is 0 Å². The van der Waals surface area contributed by atoms with Gasteiger partial charge in [0.15, 0.2) is 0 Å². The van der Waals surface area contributed by atoms with Gasteiger partial charge in [-0.05, 0) is 57.0 Å². The minimum atomic E-state index is -3.41. The third-order valence-corrected chi connectivity index (χ3v) is 6.89. The molecule has 2 heterocycles. The van der Waals surface area contributed by atoms with Gasteiger partial charge in [0.1, 0.15) is 0 Å². The molecule has 0 aromatic heterocycles. The number of halogens is 1. The van der Waals surface area contributed by atoms with Gasteiger partial charge in [0.2, 0.25) is 10.0 Å². The van der Waals surface area contributed by atoms with E-state index in [1.165, 1.54) is 38.4 Å². The predicted molar refractivity (Wildman–Crippen MR) is 88.7 cm³/mol. The third kappa shape index (κ3) is 3.48. The van der Waals surface area contributed by atoms with Gasteiger partial charge in [-0.2, -0.15) is 4.31 Å².